The maximum Gasteiger partial charge on any atom is 0.226 e. The van der Waals surface area contributed by atoms with E-state index in [2.05, 4.69) is 0 Å². The summed E-state index contributed by atoms with van der Waals surface area (Å²) in [5, 5.41) is 1.14. The van der Waals surface area contributed by atoms with Crippen LogP contribution >= 0.6 is 11.3 Å². The minimum Gasteiger partial charge on any atom is -0.339 e. The van der Waals surface area contributed by atoms with Crippen LogP contribution in [0.5, 0.6) is 0 Å². The van der Waals surface area contributed by atoms with Crippen LogP contribution in [0.1, 0.15) is 54.1 Å². The fourth-order valence-corrected chi connectivity index (χ4v) is 5.58. The summed E-state index contributed by atoms with van der Waals surface area (Å²) in [7, 11) is 1.97. The predicted octanol–water partition coefficient (Wildman–Crippen LogP) is 3.42. The van der Waals surface area contributed by atoms with Gasteiger partial charge in [-0.15, -0.1) is 11.3 Å². The van der Waals surface area contributed by atoms with Crippen LogP contribution in [0.25, 0.3) is 0 Å². The molecule has 0 aliphatic heterocycles. The predicted molar refractivity (Wildman–Crippen MR) is 84.2 cm³/mol. The molecule has 4 rings (SSSR count). The summed E-state index contributed by atoms with van der Waals surface area (Å²) in [6, 6.07) is 0. The van der Waals surface area contributed by atoms with E-state index < -0.39 is 0 Å². The van der Waals surface area contributed by atoms with E-state index in [0.717, 1.165) is 11.4 Å². The Balaban J connectivity index is 1.40. The molecule has 2 atom stereocenters. The van der Waals surface area contributed by atoms with Crippen molar-refractivity contribution in [1.82, 2.24) is 9.88 Å². The molecule has 1 aromatic rings. The summed E-state index contributed by atoms with van der Waals surface area (Å²) < 4.78 is 0. The summed E-state index contributed by atoms with van der Waals surface area (Å²) in [6.45, 7) is 0.715. The molecule has 1 aromatic heterocycles. The Labute approximate surface area is 130 Å². The number of thiazole rings is 1. The summed E-state index contributed by atoms with van der Waals surface area (Å²) in [5.41, 5.74) is 1.31. The maximum atomic E-state index is 12.6. The number of hydrogen-bond acceptors (Lipinski definition) is 3. The third kappa shape index (κ3) is 2.52. The standard InChI is InChI=1S/C17H24N2OS/c1-19(17(20)16-11-6-2-3-7-12(11)16)10-15-18-13-8-4-5-9-14(13)21-15/h11-12,16H,2-10H2,1H3/t11-,12-/m0/s1. The lowest BCUT2D eigenvalue weighted by Crippen LogP contribution is -2.28. The van der Waals surface area contributed by atoms with E-state index in [0.29, 0.717) is 30.2 Å². The molecule has 3 nitrogen and oxygen atoms in total. The van der Waals surface area contributed by atoms with Gasteiger partial charge in [-0.3, -0.25) is 4.79 Å². The van der Waals surface area contributed by atoms with Gasteiger partial charge in [0.1, 0.15) is 5.01 Å². The number of hydrogen-bond donors (Lipinski definition) is 0. The third-order valence-corrected chi connectivity index (χ3v) is 6.72. The Hall–Kier alpha value is -0.900. The van der Waals surface area contributed by atoms with Gasteiger partial charge in [0.2, 0.25) is 5.91 Å². The lowest BCUT2D eigenvalue weighted by molar-refractivity contribution is -0.132. The zero-order valence-corrected chi connectivity index (χ0v) is 13.6. The number of aromatic nitrogens is 1. The SMILES string of the molecule is CN(Cc1nc2c(s1)CCCC2)C(=O)C1[C@H]2CCCC[C@H]12. The molecule has 0 bridgehead atoms. The van der Waals surface area contributed by atoms with E-state index in [9.17, 15) is 4.79 Å². The van der Waals surface area contributed by atoms with Gasteiger partial charge in [-0.1, -0.05) is 12.8 Å². The first-order valence-corrected chi connectivity index (χ1v) is 9.28. The quantitative estimate of drug-likeness (QED) is 0.857. The van der Waals surface area contributed by atoms with Gasteiger partial charge >= 0.3 is 0 Å². The van der Waals surface area contributed by atoms with Crippen molar-refractivity contribution >= 4 is 17.2 Å². The highest BCUT2D eigenvalue weighted by Gasteiger charge is 2.55. The van der Waals surface area contributed by atoms with Crippen molar-refractivity contribution in [3.63, 3.8) is 0 Å². The molecule has 0 spiro atoms. The van der Waals surface area contributed by atoms with Crippen molar-refractivity contribution in [3.8, 4) is 0 Å². The average Bonchev–Trinajstić information content (AvgIpc) is 3.08. The van der Waals surface area contributed by atoms with E-state index in [1.54, 1.807) is 0 Å². The number of rotatable bonds is 3. The Morgan fingerprint density at radius 2 is 1.90 bits per heavy atom. The fraction of sp³-hybridized carbons (Fsp3) is 0.765. The molecular weight excluding hydrogens is 280 g/mol. The second kappa shape index (κ2) is 5.38. The highest BCUT2D eigenvalue weighted by atomic mass is 32.1. The van der Waals surface area contributed by atoms with Crippen LogP contribution in [0.3, 0.4) is 0 Å². The Bertz CT molecular complexity index is 517. The lowest BCUT2D eigenvalue weighted by atomic mass is 10.0. The molecule has 0 aromatic carbocycles. The minimum absolute atomic E-state index is 0.340. The van der Waals surface area contributed by atoms with Crippen molar-refractivity contribution in [2.45, 2.75) is 57.9 Å². The third-order valence-electron chi connectivity index (χ3n) is 5.58. The fourth-order valence-electron chi connectivity index (χ4n) is 4.37. The highest BCUT2D eigenvalue weighted by molar-refractivity contribution is 7.11. The monoisotopic (exact) mass is 304 g/mol. The van der Waals surface area contributed by atoms with Crippen LogP contribution < -0.4 is 0 Å². The van der Waals surface area contributed by atoms with E-state index in [-0.39, 0.29) is 0 Å². The normalized spacial score (nSPS) is 30.4. The molecule has 0 saturated heterocycles. The first-order chi connectivity index (χ1) is 10.2. The Morgan fingerprint density at radius 1 is 1.19 bits per heavy atom. The molecule has 114 valence electrons. The van der Waals surface area contributed by atoms with Gasteiger partial charge in [0.05, 0.1) is 12.2 Å². The molecule has 4 heteroatoms. The second-order valence-electron chi connectivity index (χ2n) is 7.02. The van der Waals surface area contributed by atoms with Crippen LogP contribution in [0.4, 0.5) is 0 Å². The van der Waals surface area contributed by atoms with Crippen molar-refractivity contribution in [2.75, 3.05) is 7.05 Å². The summed E-state index contributed by atoms with van der Waals surface area (Å²) in [4.78, 5) is 20.8. The summed E-state index contributed by atoms with van der Waals surface area (Å²) >= 11 is 1.83. The largest absolute Gasteiger partial charge is 0.339 e. The number of carbonyl (C=O) groups is 1. The highest BCUT2D eigenvalue weighted by Crippen LogP contribution is 2.56. The summed E-state index contributed by atoms with van der Waals surface area (Å²) in [5.74, 6) is 2.13. The van der Waals surface area contributed by atoms with E-state index >= 15 is 0 Å². The molecule has 1 heterocycles. The molecule has 3 aliphatic rings. The number of aryl methyl sites for hydroxylation is 2. The maximum absolute atomic E-state index is 12.6. The van der Waals surface area contributed by atoms with Gasteiger partial charge < -0.3 is 4.90 Å². The van der Waals surface area contributed by atoms with E-state index in [4.69, 9.17) is 4.98 Å². The zero-order valence-electron chi connectivity index (χ0n) is 12.8. The number of amides is 1. The van der Waals surface area contributed by atoms with Gasteiger partial charge in [-0.25, -0.2) is 4.98 Å². The van der Waals surface area contributed by atoms with Gasteiger partial charge in [0, 0.05) is 17.8 Å². The first-order valence-electron chi connectivity index (χ1n) is 8.46. The van der Waals surface area contributed by atoms with Crippen LogP contribution in [0.2, 0.25) is 0 Å². The van der Waals surface area contributed by atoms with Gasteiger partial charge in [-0.05, 0) is 50.4 Å². The number of fused-ring (bicyclic) bond motifs is 2. The molecular formula is C17H24N2OS. The van der Waals surface area contributed by atoms with E-state index in [1.165, 1.54) is 55.5 Å². The molecule has 1 amide bonds. The molecule has 0 N–H and O–H groups in total. The minimum atomic E-state index is 0.340. The van der Waals surface area contributed by atoms with Gasteiger partial charge in [0.25, 0.3) is 0 Å². The molecule has 0 unspecified atom stereocenters. The molecule has 0 radical (unpaired) electrons. The average molecular weight is 304 g/mol. The number of nitrogens with zero attached hydrogens (tertiary/aromatic N) is 2. The van der Waals surface area contributed by atoms with Crippen molar-refractivity contribution < 1.29 is 4.79 Å². The Morgan fingerprint density at radius 3 is 2.62 bits per heavy atom. The lowest BCUT2D eigenvalue weighted by Gasteiger charge is -2.15. The Kier molecular flexibility index (Phi) is 3.52. The van der Waals surface area contributed by atoms with Crippen molar-refractivity contribution in [3.05, 3.63) is 15.6 Å². The molecule has 2 saturated carbocycles. The molecule has 3 aliphatic carbocycles. The van der Waals surface area contributed by atoms with Crippen LogP contribution in [0.15, 0.2) is 0 Å². The van der Waals surface area contributed by atoms with E-state index in [1.807, 2.05) is 23.3 Å². The molecule has 21 heavy (non-hydrogen) atoms. The van der Waals surface area contributed by atoms with Crippen LogP contribution in [-0.2, 0) is 24.2 Å². The molecule has 2 fully saturated rings. The van der Waals surface area contributed by atoms with Crippen LogP contribution in [-0.4, -0.2) is 22.8 Å². The smallest absolute Gasteiger partial charge is 0.226 e. The number of carbonyl (C=O) groups excluding carboxylic acids is 1. The van der Waals surface area contributed by atoms with Crippen molar-refractivity contribution in [1.29, 1.82) is 0 Å². The van der Waals surface area contributed by atoms with Crippen LogP contribution in [0, 0.1) is 17.8 Å². The summed E-state index contributed by atoms with van der Waals surface area (Å²) in [6.07, 6.45) is 10.1. The van der Waals surface area contributed by atoms with Gasteiger partial charge in [-0.2, -0.15) is 0 Å². The van der Waals surface area contributed by atoms with Gasteiger partial charge in [0.15, 0.2) is 0 Å². The zero-order chi connectivity index (χ0) is 14.4. The first kappa shape index (κ1) is 13.7. The second-order valence-corrected chi connectivity index (χ2v) is 8.19. The van der Waals surface area contributed by atoms with Crippen molar-refractivity contribution in [2.24, 2.45) is 17.8 Å². The topological polar surface area (TPSA) is 33.2 Å².